The number of carbonyl (C=O) groups is 3. The van der Waals surface area contributed by atoms with Crippen LogP contribution in [-0.4, -0.2) is 30.6 Å². The number of esters is 1. The van der Waals surface area contributed by atoms with Gasteiger partial charge in [-0.15, -0.1) is 0 Å². The van der Waals surface area contributed by atoms with Gasteiger partial charge in [0.1, 0.15) is 12.6 Å². The van der Waals surface area contributed by atoms with Crippen molar-refractivity contribution in [3.05, 3.63) is 66.2 Å². The van der Waals surface area contributed by atoms with Gasteiger partial charge in [-0.25, -0.2) is 4.79 Å². The normalized spacial score (nSPS) is 11.3. The van der Waals surface area contributed by atoms with Crippen LogP contribution in [0, 0.1) is 0 Å². The van der Waals surface area contributed by atoms with Crippen LogP contribution < -0.4 is 10.6 Å². The van der Waals surface area contributed by atoms with Crippen LogP contribution in [0.2, 0.25) is 0 Å². The number of anilines is 1. The van der Waals surface area contributed by atoms with Gasteiger partial charge in [-0.05, 0) is 37.0 Å². The number of benzene rings is 2. The van der Waals surface area contributed by atoms with E-state index >= 15 is 0 Å². The van der Waals surface area contributed by atoms with E-state index in [-0.39, 0.29) is 18.5 Å². The maximum Gasteiger partial charge on any atom is 0.408 e. The largest absolute Gasteiger partial charge is 0.466 e. The highest BCUT2D eigenvalue weighted by molar-refractivity contribution is 5.96. The summed E-state index contributed by atoms with van der Waals surface area (Å²) in [5.74, 6) is -0.499. The Kier molecular flexibility index (Phi) is 12.1. The number of hydrogen-bond acceptors (Lipinski definition) is 5. The minimum Gasteiger partial charge on any atom is -0.466 e. The van der Waals surface area contributed by atoms with Crippen molar-refractivity contribution in [3.8, 4) is 0 Å². The highest BCUT2D eigenvalue weighted by Crippen LogP contribution is 2.11. The molecule has 0 aliphatic rings. The molecule has 7 heteroatoms. The monoisotopic (exact) mass is 454 g/mol. The molecule has 178 valence electrons. The fourth-order valence-corrected chi connectivity index (χ4v) is 3.12. The van der Waals surface area contributed by atoms with E-state index in [0.29, 0.717) is 38.0 Å². The molecule has 0 spiro atoms. The molecule has 2 amide bonds. The average Bonchev–Trinajstić information content (AvgIpc) is 2.83. The van der Waals surface area contributed by atoms with Crippen LogP contribution in [0.4, 0.5) is 10.5 Å². The zero-order valence-corrected chi connectivity index (χ0v) is 19.3. The van der Waals surface area contributed by atoms with Crippen molar-refractivity contribution in [2.24, 2.45) is 0 Å². The van der Waals surface area contributed by atoms with Crippen LogP contribution in [0.1, 0.15) is 57.4 Å². The second-order valence-corrected chi connectivity index (χ2v) is 7.79. The summed E-state index contributed by atoms with van der Waals surface area (Å²) < 4.78 is 10.4. The van der Waals surface area contributed by atoms with Gasteiger partial charge >= 0.3 is 12.1 Å². The summed E-state index contributed by atoms with van der Waals surface area (Å²) >= 11 is 0. The summed E-state index contributed by atoms with van der Waals surface area (Å²) in [7, 11) is 0. The fourth-order valence-electron chi connectivity index (χ4n) is 3.12. The van der Waals surface area contributed by atoms with Gasteiger partial charge in [-0.3, -0.25) is 9.59 Å². The van der Waals surface area contributed by atoms with Crippen LogP contribution in [-0.2, 0) is 25.7 Å². The lowest BCUT2D eigenvalue weighted by atomic mass is 10.1. The zero-order valence-electron chi connectivity index (χ0n) is 19.3. The van der Waals surface area contributed by atoms with E-state index in [1.165, 1.54) is 0 Å². The molecule has 0 bridgehead atoms. The summed E-state index contributed by atoms with van der Waals surface area (Å²) in [4.78, 5) is 36.8. The lowest BCUT2D eigenvalue weighted by Crippen LogP contribution is -2.44. The zero-order chi connectivity index (χ0) is 23.7. The lowest BCUT2D eigenvalue weighted by Gasteiger charge is -2.18. The number of amides is 2. The number of para-hydroxylation sites is 1. The Bertz CT molecular complexity index is 842. The van der Waals surface area contributed by atoms with Gasteiger partial charge in [-0.2, -0.15) is 0 Å². The van der Waals surface area contributed by atoms with Crippen LogP contribution in [0.5, 0.6) is 0 Å². The van der Waals surface area contributed by atoms with E-state index in [0.717, 1.165) is 24.8 Å². The molecule has 0 saturated carbocycles. The van der Waals surface area contributed by atoms with Crippen molar-refractivity contribution in [2.45, 2.75) is 64.5 Å². The Morgan fingerprint density at radius 2 is 1.55 bits per heavy atom. The minimum atomic E-state index is -0.745. The Morgan fingerprint density at radius 1 is 0.848 bits per heavy atom. The van der Waals surface area contributed by atoms with Gasteiger partial charge in [0.2, 0.25) is 5.91 Å². The van der Waals surface area contributed by atoms with Crippen molar-refractivity contribution in [2.75, 3.05) is 11.9 Å². The number of unbranched alkanes of at least 4 members (excludes halogenated alkanes) is 3. The first-order valence-corrected chi connectivity index (χ1v) is 11.6. The summed E-state index contributed by atoms with van der Waals surface area (Å²) in [6.07, 6.45) is 4.10. The molecule has 0 heterocycles. The second kappa shape index (κ2) is 15.5. The van der Waals surface area contributed by atoms with E-state index in [4.69, 9.17) is 9.47 Å². The predicted molar refractivity (Wildman–Crippen MR) is 128 cm³/mol. The van der Waals surface area contributed by atoms with Gasteiger partial charge in [0.15, 0.2) is 0 Å². The molecule has 0 aromatic heterocycles. The predicted octanol–water partition coefficient (Wildman–Crippen LogP) is 5.21. The Labute approximate surface area is 195 Å². The van der Waals surface area contributed by atoms with Gasteiger partial charge in [0, 0.05) is 12.1 Å². The number of rotatable bonds is 14. The van der Waals surface area contributed by atoms with Crippen LogP contribution in [0.3, 0.4) is 0 Å². The SMILES string of the molecule is CCCCOC(=O)CCCCC[C@H](NC(=O)OCc1ccccc1)C(=O)Nc1ccccc1. The Balaban J connectivity index is 1.81. The first-order valence-electron chi connectivity index (χ1n) is 11.6. The van der Waals surface area contributed by atoms with Gasteiger partial charge in [-0.1, -0.05) is 74.7 Å². The summed E-state index contributed by atoms with van der Waals surface area (Å²) in [6, 6.07) is 17.7. The van der Waals surface area contributed by atoms with Crippen molar-refractivity contribution in [1.29, 1.82) is 0 Å². The number of hydrogen-bond donors (Lipinski definition) is 2. The molecule has 2 aromatic carbocycles. The smallest absolute Gasteiger partial charge is 0.408 e. The van der Waals surface area contributed by atoms with Crippen molar-refractivity contribution >= 4 is 23.7 Å². The van der Waals surface area contributed by atoms with Gasteiger partial charge in [0.25, 0.3) is 0 Å². The van der Waals surface area contributed by atoms with Crippen LogP contribution in [0.25, 0.3) is 0 Å². The number of carbonyl (C=O) groups excluding carboxylic acids is 3. The van der Waals surface area contributed by atoms with E-state index in [9.17, 15) is 14.4 Å². The highest BCUT2D eigenvalue weighted by atomic mass is 16.5. The minimum absolute atomic E-state index is 0.125. The molecule has 0 fully saturated rings. The standard InChI is InChI=1S/C26H34N2O5/c1-2-3-19-32-24(29)18-12-6-11-17-23(25(30)27-22-15-9-5-10-16-22)28-26(31)33-20-21-13-7-4-8-14-21/h4-5,7-10,13-16,23H,2-3,6,11-12,17-20H2,1H3,(H,27,30)(H,28,31)/t23-/m0/s1. The summed E-state index contributed by atoms with van der Waals surface area (Å²) in [5, 5.41) is 5.50. The third kappa shape index (κ3) is 11.2. The maximum atomic E-state index is 12.8. The molecule has 1 atom stereocenters. The van der Waals surface area contributed by atoms with E-state index in [1.54, 1.807) is 12.1 Å². The highest BCUT2D eigenvalue weighted by Gasteiger charge is 2.21. The summed E-state index contributed by atoms with van der Waals surface area (Å²) in [6.45, 7) is 2.63. The quantitative estimate of drug-likeness (QED) is 0.302. The number of nitrogens with one attached hydrogen (secondary N) is 2. The molecular weight excluding hydrogens is 420 g/mol. The first-order chi connectivity index (χ1) is 16.1. The molecule has 2 N–H and O–H groups in total. The van der Waals surface area contributed by atoms with Gasteiger partial charge < -0.3 is 20.1 Å². The molecule has 2 aromatic rings. The maximum absolute atomic E-state index is 12.8. The lowest BCUT2D eigenvalue weighted by molar-refractivity contribution is -0.143. The van der Waals surface area contributed by atoms with E-state index in [2.05, 4.69) is 10.6 Å². The third-order valence-electron chi connectivity index (χ3n) is 5.00. The van der Waals surface area contributed by atoms with E-state index in [1.807, 2.05) is 55.5 Å². The molecular formula is C26H34N2O5. The number of alkyl carbamates (subject to hydrolysis) is 1. The topological polar surface area (TPSA) is 93.7 Å². The van der Waals surface area contributed by atoms with Crippen molar-refractivity contribution in [1.82, 2.24) is 5.32 Å². The van der Waals surface area contributed by atoms with E-state index < -0.39 is 12.1 Å². The molecule has 0 saturated heterocycles. The van der Waals surface area contributed by atoms with Crippen LogP contribution >= 0.6 is 0 Å². The average molecular weight is 455 g/mol. The molecule has 7 nitrogen and oxygen atoms in total. The fraction of sp³-hybridized carbons (Fsp3) is 0.423. The summed E-state index contributed by atoms with van der Waals surface area (Å²) in [5.41, 5.74) is 1.52. The molecule has 33 heavy (non-hydrogen) atoms. The van der Waals surface area contributed by atoms with Crippen molar-refractivity contribution in [3.63, 3.8) is 0 Å². The molecule has 0 aliphatic heterocycles. The Morgan fingerprint density at radius 3 is 2.24 bits per heavy atom. The molecule has 2 rings (SSSR count). The van der Waals surface area contributed by atoms with Gasteiger partial charge in [0.05, 0.1) is 6.61 Å². The molecule has 0 radical (unpaired) electrons. The number of ether oxygens (including phenoxy) is 2. The van der Waals surface area contributed by atoms with Crippen molar-refractivity contribution < 1.29 is 23.9 Å². The third-order valence-corrected chi connectivity index (χ3v) is 5.00. The molecule has 0 aliphatic carbocycles. The van der Waals surface area contributed by atoms with Crippen LogP contribution in [0.15, 0.2) is 60.7 Å². The Hall–Kier alpha value is -3.35. The second-order valence-electron chi connectivity index (χ2n) is 7.79. The molecule has 0 unspecified atom stereocenters. The first kappa shape index (κ1) is 25.9.